The maximum atomic E-state index is 11.9. The van der Waals surface area contributed by atoms with Crippen LogP contribution in [-0.4, -0.2) is 25.0 Å². The number of hydrogen-bond donors (Lipinski definition) is 1. The number of amides is 1. The minimum atomic E-state index is -0.214. The Balaban J connectivity index is 1.75. The lowest BCUT2D eigenvalue weighted by molar-refractivity contribution is -0.143. The second-order valence-corrected chi connectivity index (χ2v) is 5.96. The monoisotopic (exact) mass is 297 g/mol. The molecular weight excluding hydrogens is 282 g/mol. The number of nitrogens with one attached hydrogen (secondary N) is 1. The first kappa shape index (κ1) is 14.0. The summed E-state index contributed by atoms with van der Waals surface area (Å²) >= 11 is 3.12. The highest BCUT2D eigenvalue weighted by atomic mass is 32.1. The molecule has 0 aliphatic carbocycles. The van der Waals surface area contributed by atoms with Crippen LogP contribution in [0.4, 0.5) is 0 Å². The molecule has 0 spiro atoms. The quantitative estimate of drug-likeness (QED) is 0.658. The van der Waals surface area contributed by atoms with Crippen LogP contribution in [0.3, 0.4) is 0 Å². The Morgan fingerprint density at radius 1 is 1.37 bits per heavy atom. The van der Waals surface area contributed by atoms with Gasteiger partial charge in [-0.2, -0.15) is 0 Å². The summed E-state index contributed by atoms with van der Waals surface area (Å²) in [5, 5.41) is 4.83. The molecule has 0 aromatic carbocycles. The molecule has 0 aliphatic rings. The lowest BCUT2D eigenvalue weighted by Gasteiger charge is -2.03. The zero-order chi connectivity index (χ0) is 13.7. The van der Waals surface area contributed by atoms with Gasteiger partial charge in [-0.25, -0.2) is 0 Å². The molecule has 2 aromatic rings. The van der Waals surface area contributed by atoms with E-state index in [1.807, 2.05) is 17.5 Å². The molecule has 1 amide bonds. The van der Waals surface area contributed by atoms with Crippen LogP contribution in [0.5, 0.6) is 0 Å². The average molecular weight is 297 g/mol. The highest BCUT2D eigenvalue weighted by molar-refractivity contribution is 7.27. The molecule has 6 heteroatoms. The Bertz CT molecular complexity index is 545. The summed E-state index contributed by atoms with van der Waals surface area (Å²) in [6.45, 7) is 2.67. The van der Waals surface area contributed by atoms with Gasteiger partial charge in [0, 0.05) is 22.4 Å². The molecule has 0 saturated heterocycles. The molecule has 0 atom stereocenters. The summed E-state index contributed by atoms with van der Waals surface area (Å²) in [4.78, 5) is 23.7. The third-order valence-corrected chi connectivity index (χ3v) is 4.60. The van der Waals surface area contributed by atoms with Crippen LogP contribution < -0.4 is 5.32 Å². The van der Waals surface area contributed by atoms with Crippen LogP contribution in [0.2, 0.25) is 0 Å². The van der Waals surface area contributed by atoms with E-state index in [0.29, 0.717) is 26.0 Å². The van der Waals surface area contributed by atoms with Crippen LogP contribution in [-0.2, 0) is 9.53 Å². The Hall–Kier alpha value is -1.40. The van der Waals surface area contributed by atoms with Crippen LogP contribution >= 0.6 is 22.7 Å². The van der Waals surface area contributed by atoms with Gasteiger partial charge in [0.25, 0.3) is 5.91 Å². The van der Waals surface area contributed by atoms with E-state index in [0.717, 1.165) is 14.3 Å². The lowest BCUT2D eigenvalue weighted by Crippen LogP contribution is -2.24. The fraction of sp³-hybridized carbons (Fsp3) is 0.385. The van der Waals surface area contributed by atoms with Crippen molar-refractivity contribution >= 4 is 43.9 Å². The number of fused-ring (bicyclic) bond motifs is 1. The van der Waals surface area contributed by atoms with Crippen LogP contribution in [0, 0.1) is 0 Å². The van der Waals surface area contributed by atoms with E-state index in [1.165, 1.54) is 11.3 Å². The van der Waals surface area contributed by atoms with Gasteiger partial charge in [-0.3, -0.25) is 9.59 Å². The third kappa shape index (κ3) is 3.78. The minimum absolute atomic E-state index is 0.0720. The largest absolute Gasteiger partial charge is 0.466 e. The Kier molecular flexibility index (Phi) is 4.93. The predicted molar refractivity (Wildman–Crippen MR) is 77.9 cm³/mol. The first-order valence-electron chi connectivity index (χ1n) is 6.11. The minimum Gasteiger partial charge on any atom is -0.466 e. The van der Waals surface area contributed by atoms with Gasteiger partial charge in [0.1, 0.15) is 0 Å². The predicted octanol–water partition coefficient (Wildman–Crippen LogP) is 3.04. The van der Waals surface area contributed by atoms with Gasteiger partial charge < -0.3 is 10.1 Å². The van der Waals surface area contributed by atoms with Crippen LogP contribution in [0.25, 0.3) is 9.40 Å². The SMILES string of the molecule is CCOC(=O)CCCNC(=O)c1cc2sccc2s1. The van der Waals surface area contributed by atoms with E-state index < -0.39 is 0 Å². The first-order valence-corrected chi connectivity index (χ1v) is 7.81. The second-order valence-electron chi connectivity index (χ2n) is 3.92. The molecular formula is C13H15NO3S2. The molecule has 102 valence electrons. The summed E-state index contributed by atoms with van der Waals surface area (Å²) in [7, 11) is 0. The van der Waals surface area contributed by atoms with Gasteiger partial charge in [-0.1, -0.05) is 0 Å². The topological polar surface area (TPSA) is 55.4 Å². The Morgan fingerprint density at radius 2 is 2.21 bits per heavy atom. The molecule has 0 unspecified atom stereocenters. The Morgan fingerprint density at radius 3 is 2.95 bits per heavy atom. The normalized spacial score (nSPS) is 10.6. The molecule has 0 saturated carbocycles. The maximum Gasteiger partial charge on any atom is 0.305 e. The average Bonchev–Trinajstić information content (AvgIpc) is 2.95. The number of ether oxygens (including phenoxy) is 1. The number of thiophene rings is 2. The van der Waals surface area contributed by atoms with Gasteiger partial charge in [0.15, 0.2) is 0 Å². The fourth-order valence-corrected chi connectivity index (χ4v) is 3.66. The third-order valence-electron chi connectivity index (χ3n) is 2.51. The molecule has 0 aliphatic heterocycles. The van der Waals surface area contributed by atoms with Crippen molar-refractivity contribution in [2.24, 2.45) is 0 Å². The maximum absolute atomic E-state index is 11.9. The van der Waals surface area contributed by atoms with Gasteiger partial charge >= 0.3 is 5.97 Å². The molecule has 19 heavy (non-hydrogen) atoms. The zero-order valence-electron chi connectivity index (χ0n) is 10.6. The molecule has 2 aromatic heterocycles. The molecule has 1 N–H and O–H groups in total. The second kappa shape index (κ2) is 6.68. The highest BCUT2D eigenvalue weighted by Crippen LogP contribution is 2.29. The summed E-state index contributed by atoms with van der Waals surface area (Å²) in [5.74, 6) is -0.286. The summed E-state index contributed by atoms with van der Waals surface area (Å²) < 4.78 is 7.10. The van der Waals surface area contributed by atoms with Gasteiger partial charge in [-0.05, 0) is 30.9 Å². The smallest absolute Gasteiger partial charge is 0.305 e. The van der Waals surface area contributed by atoms with Crippen molar-refractivity contribution in [3.8, 4) is 0 Å². The van der Waals surface area contributed by atoms with Crippen LogP contribution in [0.15, 0.2) is 17.5 Å². The van der Waals surface area contributed by atoms with Crippen molar-refractivity contribution in [3.05, 3.63) is 22.4 Å². The molecule has 2 heterocycles. The molecule has 0 radical (unpaired) electrons. The van der Waals surface area contributed by atoms with Crippen molar-refractivity contribution < 1.29 is 14.3 Å². The van der Waals surface area contributed by atoms with Crippen LogP contribution in [0.1, 0.15) is 29.4 Å². The zero-order valence-corrected chi connectivity index (χ0v) is 12.2. The van der Waals surface area contributed by atoms with Gasteiger partial charge in [0.05, 0.1) is 11.5 Å². The highest BCUT2D eigenvalue weighted by Gasteiger charge is 2.10. The number of hydrogen-bond acceptors (Lipinski definition) is 5. The Labute approximate surface area is 119 Å². The standard InChI is InChI=1S/C13H15NO3S2/c1-2-17-12(15)4-3-6-14-13(16)11-8-10-9(19-11)5-7-18-10/h5,7-8H,2-4,6H2,1H3,(H,14,16). The fourth-order valence-electron chi connectivity index (χ4n) is 1.63. The first-order chi connectivity index (χ1) is 9.20. The summed E-state index contributed by atoms with van der Waals surface area (Å²) in [6, 6.07) is 3.92. The van der Waals surface area contributed by atoms with E-state index in [1.54, 1.807) is 18.3 Å². The van der Waals surface area contributed by atoms with E-state index in [2.05, 4.69) is 5.32 Å². The van der Waals surface area contributed by atoms with Crippen molar-refractivity contribution in [2.75, 3.05) is 13.2 Å². The summed E-state index contributed by atoms with van der Waals surface area (Å²) in [6.07, 6.45) is 0.942. The van der Waals surface area contributed by atoms with Crippen molar-refractivity contribution in [1.82, 2.24) is 5.32 Å². The van der Waals surface area contributed by atoms with Gasteiger partial charge in [0.2, 0.25) is 0 Å². The van der Waals surface area contributed by atoms with Crippen molar-refractivity contribution in [2.45, 2.75) is 19.8 Å². The molecule has 0 bridgehead atoms. The number of carbonyl (C=O) groups is 2. The molecule has 2 rings (SSSR count). The van der Waals surface area contributed by atoms with E-state index >= 15 is 0 Å². The molecule has 0 fully saturated rings. The van der Waals surface area contributed by atoms with Gasteiger partial charge in [-0.15, -0.1) is 22.7 Å². The number of carbonyl (C=O) groups excluding carboxylic acids is 2. The van der Waals surface area contributed by atoms with E-state index in [4.69, 9.17) is 4.74 Å². The van der Waals surface area contributed by atoms with E-state index in [9.17, 15) is 9.59 Å². The molecule has 4 nitrogen and oxygen atoms in total. The van der Waals surface area contributed by atoms with E-state index in [-0.39, 0.29) is 11.9 Å². The van der Waals surface area contributed by atoms with Crippen molar-refractivity contribution in [3.63, 3.8) is 0 Å². The number of esters is 1. The number of rotatable bonds is 6. The lowest BCUT2D eigenvalue weighted by atomic mass is 10.3. The summed E-state index contributed by atoms with van der Waals surface area (Å²) in [5.41, 5.74) is 0. The van der Waals surface area contributed by atoms with Crippen molar-refractivity contribution in [1.29, 1.82) is 0 Å².